The number of ether oxygens (including phenoxy) is 1. The molecule has 0 saturated carbocycles. The number of benzene rings is 1. The average Bonchev–Trinajstić information content (AvgIpc) is 2.91. The molecule has 5 nitrogen and oxygen atoms in total. The van der Waals surface area contributed by atoms with Crippen LogP contribution in [0, 0.1) is 66.0 Å². The molecule has 1 heterocycles. The Morgan fingerprint density at radius 1 is 1.33 bits per heavy atom. The molecule has 0 atom stereocenters. The monoisotopic (exact) mass is 490 g/mol. The van der Waals surface area contributed by atoms with Gasteiger partial charge in [-0.05, 0) is 43.6 Å². The van der Waals surface area contributed by atoms with Gasteiger partial charge in [0, 0.05) is 52.7 Å². The number of hydrogen-bond acceptors (Lipinski definition) is 5. The minimum absolute atomic E-state index is 0. The van der Waals surface area contributed by atoms with Gasteiger partial charge in [-0.2, -0.15) is 0 Å². The number of carbonyl (C=O) groups excluding carboxylic acids is 1. The Morgan fingerprint density at radius 3 is 2.75 bits per heavy atom. The van der Waals surface area contributed by atoms with Gasteiger partial charge in [-0.1, -0.05) is 32.0 Å². The second-order valence-corrected chi connectivity index (χ2v) is 5.80. The molecule has 2 aromatic rings. The van der Waals surface area contributed by atoms with Crippen molar-refractivity contribution >= 4 is 11.7 Å². The summed E-state index contributed by atoms with van der Waals surface area (Å²) in [7, 11) is 0. The smallest absolute Gasteiger partial charge is 0.310 e. The van der Waals surface area contributed by atoms with Crippen LogP contribution < -0.4 is 5.75 Å². The molecule has 0 aliphatic rings. The van der Waals surface area contributed by atoms with Gasteiger partial charge in [0.15, 0.2) is 0 Å². The Balaban J connectivity index is 0.00000288. The van der Waals surface area contributed by atoms with Crippen molar-refractivity contribution in [3.8, 4) is 0 Å². The standard InChI is InChI=1S/C18H22NO4.Yb/c1-13(2)7-6-10-21-17(20)11-15-8-4-5-9-16(15)19-18-22-12-14(3)23-18;/h4-5,8-9,13H,6-7,10-11H2,1-3H3;/q-1;. The molecule has 6 heteroatoms. The topological polar surface area (TPSA) is 64.9 Å². The molecular weight excluding hydrogens is 467 g/mol. The van der Waals surface area contributed by atoms with Gasteiger partial charge in [-0.15, -0.1) is 0 Å². The maximum absolute atomic E-state index is 11.9. The zero-order valence-electron chi connectivity index (χ0n) is 14.1. The number of rotatable bonds is 7. The fraction of sp³-hybridized carbons (Fsp3) is 0.444. The van der Waals surface area contributed by atoms with Crippen molar-refractivity contribution in [1.82, 2.24) is 0 Å². The van der Waals surface area contributed by atoms with E-state index in [4.69, 9.17) is 13.6 Å². The molecule has 0 N–H and O–H groups in total. The van der Waals surface area contributed by atoms with Crippen molar-refractivity contribution in [1.29, 1.82) is 0 Å². The van der Waals surface area contributed by atoms with E-state index in [-0.39, 0.29) is 65.1 Å². The van der Waals surface area contributed by atoms with Crippen LogP contribution in [-0.4, -0.2) is 12.6 Å². The maximum atomic E-state index is 11.9. The fourth-order valence-electron chi connectivity index (χ4n) is 2.09. The van der Waals surface area contributed by atoms with Gasteiger partial charge in [-0.3, -0.25) is 9.79 Å². The van der Waals surface area contributed by atoms with Gasteiger partial charge in [0.25, 0.3) is 0 Å². The third-order valence-electron chi connectivity index (χ3n) is 3.25. The van der Waals surface area contributed by atoms with E-state index in [2.05, 4.69) is 25.1 Å². The van der Waals surface area contributed by atoms with E-state index in [9.17, 15) is 4.79 Å². The summed E-state index contributed by atoms with van der Waals surface area (Å²) in [6.07, 6.45) is 4.67. The third-order valence-corrected chi connectivity index (χ3v) is 3.25. The molecule has 24 heavy (non-hydrogen) atoms. The van der Waals surface area contributed by atoms with Gasteiger partial charge in [0.2, 0.25) is 5.75 Å². The van der Waals surface area contributed by atoms with Crippen LogP contribution in [0.2, 0.25) is 0 Å². The summed E-state index contributed by atoms with van der Waals surface area (Å²) >= 11 is 0. The number of para-hydroxylation sites is 1. The molecule has 0 fully saturated rings. The number of aryl methyl sites for hydroxylation is 1. The third kappa shape index (κ3) is 7.41. The first-order valence-corrected chi connectivity index (χ1v) is 7.81. The zero-order chi connectivity index (χ0) is 16.7. The van der Waals surface area contributed by atoms with Crippen molar-refractivity contribution < 1.29 is 65.3 Å². The summed E-state index contributed by atoms with van der Waals surface area (Å²) in [5.74, 6) is 0.993. The molecule has 0 radical (unpaired) electrons. The minimum Gasteiger partial charge on any atom is -0.600 e. The van der Waals surface area contributed by atoms with E-state index in [1.54, 1.807) is 13.0 Å². The van der Waals surface area contributed by atoms with E-state index in [0.29, 0.717) is 24.0 Å². The molecule has 0 aliphatic carbocycles. The minimum atomic E-state index is -0.254. The normalized spacial score (nSPS) is 11.4. The first kappa shape index (κ1) is 21.3. The van der Waals surface area contributed by atoms with Crippen molar-refractivity contribution in [2.45, 2.75) is 40.0 Å². The van der Waals surface area contributed by atoms with Crippen molar-refractivity contribution in [3.63, 3.8) is 0 Å². The van der Waals surface area contributed by atoms with Gasteiger partial charge in [0.05, 0.1) is 18.7 Å². The van der Waals surface area contributed by atoms with Gasteiger partial charge >= 0.3 is 5.97 Å². The van der Waals surface area contributed by atoms with Crippen LogP contribution in [-0.2, 0) is 16.0 Å². The maximum Gasteiger partial charge on any atom is 0.310 e. The Hall–Kier alpha value is -0.781. The fourth-order valence-corrected chi connectivity index (χ4v) is 2.09. The quantitative estimate of drug-likeness (QED) is 0.338. The van der Waals surface area contributed by atoms with Crippen LogP contribution in [0.1, 0.15) is 38.0 Å². The van der Waals surface area contributed by atoms with E-state index >= 15 is 0 Å². The Kier molecular flexibility index (Phi) is 9.71. The van der Waals surface area contributed by atoms with E-state index in [0.717, 1.165) is 18.4 Å². The summed E-state index contributed by atoms with van der Waals surface area (Å²) in [5.41, 5.74) is 1.39. The van der Waals surface area contributed by atoms with Crippen molar-refractivity contribution in [2.75, 3.05) is 6.61 Å². The predicted octanol–water partition coefficient (Wildman–Crippen LogP) is 3.74. The molecular formula is C18H22NO4Yb-. The first-order chi connectivity index (χ1) is 11.0. The summed E-state index contributed by atoms with van der Waals surface area (Å²) in [6, 6.07) is 7.34. The molecule has 0 spiro atoms. The van der Waals surface area contributed by atoms with Crippen molar-refractivity contribution in [3.05, 3.63) is 47.6 Å². The second kappa shape index (κ2) is 11.0. The van der Waals surface area contributed by atoms with Crippen LogP contribution in [0.4, 0.5) is 5.69 Å². The summed E-state index contributed by atoms with van der Waals surface area (Å²) < 4.78 is 15.6. The summed E-state index contributed by atoms with van der Waals surface area (Å²) in [4.78, 5) is 16.2. The number of esters is 1. The van der Waals surface area contributed by atoms with Crippen molar-refractivity contribution in [2.24, 2.45) is 10.9 Å². The van der Waals surface area contributed by atoms with Crippen LogP contribution in [0.5, 0.6) is 0 Å². The summed E-state index contributed by atoms with van der Waals surface area (Å²) in [5, 5.41) is 0. The van der Waals surface area contributed by atoms with Crippen LogP contribution in [0.25, 0.3) is 0 Å². The first-order valence-electron chi connectivity index (χ1n) is 7.81. The van der Waals surface area contributed by atoms with E-state index < -0.39 is 0 Å². The molecule has 1 aromatic carbocycles. The molecule has 2 rings (SSSR count). The molecule has 0 amide bonds. The molecule has 0 saturated heterocycles. The largest absolute Gasteiger partial charge is 0.600 e. The zero-order valence-corrected chi connectivity index (χ0v) is 15.8. The number of hydrogen-bond donors (Lipinski definition) is 0. The summed E-state index contributed by atoms with van der Waals surface area (Å²) in [6.45, 7) is 6.48. The second-order valence-electron chi connectivity index (χ2n) is 5.80. The molecule has 138 valence electrons. The predicted molar refractivity (Wildman–Crippen MR) is 84.9 cm³/mol. The van der Waals surface area contributed by atoms with Gasteiger partial charge in [-0.25, -0.2) is 0 Å². The molecule has 1 aromatic heterocycles. The number of nitrogens with zero attached hydrogens (tertiary/aromatic N) is 1. The van der Waals surface area contributed by atoms with E-state index in [1.807, 2.05) is 18.2 Å². The molecule has 0 bridgehead atoms. The SMILES string of the molecule is Cc1[c-]oc(=Nc2ccccc2CC(=O)OCCCC(C)C)o1.[Yb]. The Bertz CT molecular complexity index is 703. The van der Waals surface area contributed by atoms with Gasteiger partial charge in [0.1, 0.15) is 0 Å². The Morgan fingerprint density at radius 2 is 2.08 bits per heavy atom. The van der Waals surface area contributed by atoms with E-state index in [1.165, 1.54) is 0 Å². The van der Waals surface area contributed by atoms with Crippen LogP contribution in [0.15, 0.2) is 38.1 Å². The van der Waals surface area contributed by atoms with Gasteiger partial charge < -0.3 is 13.6 Å². The Labute approximate surface area is 180 Å². The average molecular weight is 489 g/mol. The number of carbonyl (C=O) groups is 1. The van der Waals surface area contributed by atoms with Crippen LogP contribution >= 0.6 is 0 Å². The molecule has 0 unspecified atom stereocenters. The van der Waals surface area contributed by atoms with Crippen LogP contribution in [0.3, 0.4) is 0 Å². The molecule has 0 aliphatic heterocycles.